The van der Waals surface area contributed by atoms with Gasteiger partial charge in [0.1, 0.15) is 0 Å². The fourth-order valence-electron chi connectivity index (χ4n) is 2.68. The Morgan fingerprint density at radius 1 is 1.20 bits per heavy atom. The van der Waals surface area contributed by atoms with E-state index in [4.69, 9.17) is 10.9 Å². The second-order valence-corrected chi connectivity index (χ2v) is 5.27. The number of hydrogen-bond acceptors (Lipinski definition) is 3. The molecule has 0 aliphatic heterocycles. The molecule has 1 aliphatic rings. The van der Waals surface area contributed by atoms with Gasteiger partial charge in [0.05, 0.1) is 0 Å². The summed E-state index contributed by atoms with van der Waals surface area (Å²) in [5, 5.41) is 11.6. The number of amides is 1. The maximum atomic E-state index is 12.4. The van der Waals surface area contributed by atoms with Crippen LogP contribution in [0.25, 0.3) is 0 Å². The molecular formula is C15H21N3O2. The number of nitrogens with two attached hydrogens (primary N) is 1. The first-order valence-electron chi connectivity index (χ1n) is 6.98. The van der Waals surface area contributed by atoms with E-state index >= 15 is 0 Å². The lowest BCUT2D eigenvalue weighted by Gasteiger charge is -2.31. The zero-order valence-corrected chi connectivity index (χ0v) is 11.7. The van der Waals surface area contributed by atoms with Crippen molar-refractivity contribution in [3.8, 4) is 0 Å². The van der Waals surface area contributed by atoms with Gasteiger partial charge in [-0.15, -0.1) is 0 Å². The predicted molar refractivity (Wildman–Crippen MR) is 77.9 cm³/mol. The molecule has 0 heterocycles. The summed E-state index contributed by atoms with van der Waals surface area (Å²) in [6.07, 6.45) is 5.84. The van der Waals surface area contributed by atoms with Crippen molar-refractivity contribution in [1.29, 1.82) is 0 Å². The summed E-state index contributed by atoms with van der Waals surface area (Å²) in [5.41, 5.74) is 6.74. The first-order valence-corrected chi connectivity index (χ1v) is 6.98. The molecule has 20 heavy (non-hydrogen) atoms. The van der Waals surface area contributed by atoms with Crippen molar-refractivity contribution in [2.45, 2.75) is 38.1 Å². The van der Waals surface area contributed by atoms with Crippen molar-refractivity contribution in [2.24, 2.45) is 10.9 Å². The summed E-state index contributed by atoms with van der Waals surface area (Å²) in [6, 6.07) is 7.16. The molecule has 108 valence electrons. The predicted octanol–water partition coefficient (Wildman–Crippen LogP) is 2.19. The number of rotatable bonds is 3. The first-order chi connectivity index (χ1) is 9.63. The van der Waals surface area contributed by atoms with E-state index in [0.717, 1.165) is 12.8 Å². The van der Waals surface area contributed by atoms with E-state index in [0.29, 0.717) is 17.2 Å². The van der Waals surface area contributed by atoms with E-state index < -0.39 is 0 Å². The fraction of sp³-hybridized carbons (Fsp3) is 0.467. The van der Waals surface area contributed by atoms with Gasteiger partial charge in [-0.25, -0.2) is 0 Å². The lowest BCUT2D eigenvalue weighted by atomic mass is 9.94. The average Bonchev–Trinajstić information content (AvgIpc) is 2.53. The van der Waals surface area contributed by atoms with Crippen LogP contribution >= 0.6 is 0 Å². The Morgan fingerprint density at radius 3 is 2.30 bits per heavy atom. The van der Waals surface area contributed by atoms with Gasteiger partial charge in [0.2, 0.25) is 0 Å². The summed E-state index contributed by atoms with van der Waals surface area (Å²) in [7, 11) is 1.87. The van der Waals surface area contributed by atoms with Crippen molar-refractivity contribution >= 4 is 11.7 Å². The number of nitrogens with zero attached hydrogens (tertiary/aromatic N) is 2. The summed E-state index contributed by atoms with van der Waals surface area (Å²) in [4.78, 5) is 14.3. The smallest absolute Gasteiger partial charge is 0.253 e. The number of carbonyl (C=O) groups excluding carboxylic acids is 1. The number of benzene rings is 1. The Hall–Kier alpha value is -2.04. The van der Waals surface area contributed by atoms with Crippen molar-refractivity contribution in [3.05, 3.63) is 35.4 Å². The topological polar surface area (TPSA) is 78.9 Å². The molecule has 5 nitrogen and oxygen atoms in total. The number of amidine groups is 1. The van der Waals surface area contributed by atoms with Crippen LogP contribution in [-0.4, -0.2) is 34.9 Å². The highest BCUT2D eigenvalue weighted by Crippen LogP contribution is 2.22. The zero-order valence-electron chi connectivity index (χ0n) is 11.7. The Morgan fingerprint density at radius 2 is 1.75 bits per heavy atom. The molecule has 5 heteroatoms. The highest BCUT2D eigenvalue weighted by atomic mass is 16.4. The highest BCUT2D eigenvalue weighted by molar-refractivity contribution is 5.99. The van der Waals surface area contributed by atoms with Gasteiger partial charge in [0.15, 0.2) is 5.84 Å². The molecule has 0 unspecified atom stereocenters. The lowest BCUT2D eigenvalue weighted by Crippen LogP contribution is -2.38. The van der Waals surface area contributed by atoms with E-state index in [9.17, 15) is 4.79 Å². The van der Waals surface area contributed by atoms with Crippen LogP contribution in [0.2, 0.25) is 0 Å². The molecule has 0 radical (unpaired) electrons. The van der Waals surface area contributed by atoms with Crippen LogP contribution in [-0.2, 0) is 0 Å². The SMILES string of the molecule is CN(C(=O)c1ccc(/C(N)=N/O)cc1)C1CCCCC1. The van der Waals surface area contributed by atoms with Gasteiger partial charge in [0, 0.05) is 24.2 Å². The normalized spacial score (nSPS) is 16.9. The first kappa shape index (κ1) is 14.4. The highest BCUT2D eigenvalue weighted by Gasteiger charge is 2.22. The molecule has 1 fully saturated rings. The van der Waals surface area contributed by atoms with Crippen molar-refractivity contribution in [3.63, 3.8) is 0 Å². The van der Waals surface area contributed by atoms with Crippen LogP contribution in [0, 0.1) is 0 Å². The Kier molecular flexibility index (Phi) is 4.61. The van der Waals surface area contributed by atoms with E-state index in [-0.39, 0.29) is 11.7 Å². The average molecular weight is 275 g/mol. The molecule has 1 amide bonds. The molecule has 1 saturated carbocycles. The minimum atomic E-state index is 0.0305. The van der Waals surface area contributed by atoms with Gasteiger partial charge in [-0.3, -0.25) is 4.79 Å². The van der Waals surface area contributed by atoms with Crippen molar-refractivity contribution < 1.29 is 10.0 Å². The van der Waals surface area contributed by atoms with Crippen molar-refractivity contribution in [1.82, 2.24) is 4.90 Å². The second-order valence-electron chi connectivity index (χ2n) is 5.27. The number of oxime groups is 1. The summed E-state index contributed by atoms with van der Waals surface area (Å²) < 4.78 is 0. The third kappa shape index (κ3) is 3.10. The minimum absolute atomic E-state index is 0.0305. The molecule has 0 atom stereocenters. The Balaban J connectivity index is 2.08. The maximum Gasteiger partial charge on any atom is 0.253 e. The Bertz CT molecular complexity index is 490. The second kappa shape index (κ2) is 6.41. The van der Waals surface area contributed by atoms with Crippen LogP contribution in [0.15, 0.2) is 29.4 Å². The van der Waals surface area contributed by atoms with E-state index in [2.05, 4.69) is 5.16 Å². The minimum Gasteiger partial charge on any atom is -0.409 e. The standard InChI is InChI=1S/C15H21N3O2/c1-18(13-5-3-2-4-6-13)15(19)12-9-7-11(8-10-12)14(16)17-20/h7-10,13,20H,2-6H2,1H3,(H2,16,17). The largest absolute Gasteiger partial charge is 0.409 e. The van der Waals surface area contributed by atoms with Gasteiger partial charge < -0.3 is 15.8 Å². The maximum absolute atomic E-state index is 12.4. The van der Waals surface area contributed by atoms with Crippen LogP contribution in [0.1, 0.15) is 48.0 Å². The molecule has 1 aliphatic carbocycles. The molecule has 1 aromatic carbocycles. The van der Waals surface area contributed by atoms with Crippen LogP contribution in [0.5, 0.6) is 0 Å². The summed E-state index contributed by atoms with van der Waals surface area (Å²) in [5.74, 6) is 0.0765. The van der Waals surface area contributed by atoms with Crippen molar-refractivity contribution in [2.75, 3.05) is 7.05 Å². The van der Waals surface area contributed by atoms with E-state index in [1.54, 1.807) is 24.3 Å². The Labute approximate surface area is 119 Å². The van der Waals surface area contributed by atoms with Gasteiger partial charge in [-0.2, -0.15) is 0 Å². The third-order valence-electron chi connectivity index (χ3n) is 3.98. The molecule has 0 aromatic heterocycles. The molecule has 0 bridgehead atoms. The zero-order chi connectivity index (χ0) is 14.5. The molecule has 3 N–H and O–H groups in total. The molecule has 1 aromatic rings. The fourth-order valence-corrected chi connectivity index (χ4v) is 2.68. The molecule has 2 rings (SSSR count). The van der Waals surface area contributed by atoms with Crippen LogP contribution < -0.4 is 5.73 Å². The quantitative estimate of drug-likeness (QED) is 0.384. The summed E-state index contributed by atoms with van der Waals surface area (Å²) >= 11 is 0. The van der Waals surface area contributed by atoms with Crippen LogP contribution in [0.4, 0.5) is 0 Å². The third-order valence-corrected chi connectivity index (χ3v) is 3.98. The van der Waals surface area contributed by atoms with Gasteiger partial charge >= 0.3 is 0 Å². The van der Waals surface area contributed by atoms with E-state index in [1.165, 1.54) is 19.3 Å². The molecule has 0 saturated heterocycles. The number of carbonyl (C=O) groups is 1. The van der Waals surface area contributed by atoms with E-state index in [1.807, 2.05) is 11.9 Å². The number of hydrogen-bond donors (Lipinski definition) is 2. The van der Waals surface area contributed by atoms with Gasteiger partial charge in [-0.1, -0.05) is 36.6 Å². The van der Waals surface area contributed by atoms with Gasteiger partial charge in [0.25, 0.3) is 5.91 Å². The lowest BCUT2D eigenvalue weighted by molar-refractivity contribution is 0.0696. The van der Waals surface area contributed by atoms with Gasteiger partial charge in [-0.05, 0) is 25.0 Å². The molecular weight excluding hydrogens is 254 g/mol. The summed E-state index contributed by atoms with van der Waals surface area (Å²) in [6.45, 7) is 0. The van der Waals surface area contributed by atoms with Crippen LogP contribution in [0.3, 0.4) is 0 Å². The molecule has 0 spiro atoms. The monoisotopic (exact) mass is 275 g/mol.